The minimum absolute atomic E-state index is 0.862. The first kappa shape index (κ1) is 14.2. The van der Waals surface area contributed by atoms with Crippen molar-refractivity contribution in [2.24, 2.45) is 0 Å². The standard InChI is InChI=1S/C22H22N/c1-23(2,20-9-4-3-5-10-20)16-17-12-13-19-15-18-8-6-7-11-21(18)22(19)14-17/h3-14H,15-16H2,1-2H3/q+1. The molecule has 1 aliphatic carbocycles. The fraction of sp³-hybridized carbons (Fsp3) is 0.182. The summed E-state index contributed by atoms with van der Waals surface area (Å²) in [4.78, 5) is 0. The normalized spacial score (nSPS) is 12.8. The second kappa shape index (κ2) is 5.36. The van der Waals surface area contributed by atoms with Gasteiger partial charge in [0.25, 0.3) is 0 Å². The van der Waals surface area contributed by atoms with E-state index in [0.717, 1.165) is 17.4 Å². The Kier molecular flexibility index (Phi) is 3.32. The van der Waals surface area contributed by atoms with E-state index in [4.69, 9.17) is 0 Å². The van der Waals surface area contributed by atoms with Crippen LogP contribution in [0.5, 0.6) is 0 Å². The maximum absolute atomic E-state index is 2.39. The molecule has 3 aromatic carbocycles. The van der Waals surface area contributed by atoms with Crippen molar-refractivity contribution in [3.8, 4) is 11.1 Å². The topological polar surface area (TPSA) is 0 Å². The van der Waals surface area contributed by atoms with Gasteiger partial charge in [0.15, 0.2) is 0 Å². The van der Waals surface area contributed by atoms with Crippen molar-refractivity contribution < 1.29 is 0 Å². The van der Waals surface area contributed by atoms with E-state index in [0.29, 0.717) is 0 Å². The van der Waals surface area contributed by atoms with Gasteiger partial charge >= 0.3 is 0 Å². The van der Waals surface area contributed by atoms with Crippen LogP contribution in [0.2, 0.25) is 0 Å². The maximum Gasteiger partial charge on any atom is 0.132 e. The number of benzene rings is 3. The van der Waals surface area contributed by atoms with Gasteiger partial charge in [-0.25, -0.2) is 0 Å². The highest BCUT2D eigenvalue weighted by molar-refractivity contribution is 5.77. The molecule has 0 unspecified atom stereocenters. The van der Waals surface area contributed by atoms with Gasteiger partial charge in [0.2, 0.25) is 0 Å². The van der Waals surface area contributed by atoms with Crippen molar-refractivity contribution in [1.82, 2.24) is 4.48 Å². The number of hydrogen-bond donors (Lipinski definition) is 0. The molecule has 4 rings (SSSR count). The van der Waals surface area contributed by atoms with E-state index in [1.165, 1.54) is 33.5 Å². The zero-order valence-corrected chi connectivity index (χ0v) is 13.8. The average molecular weight is 300 g/mol. The lowest BCUT2D eigenvalue weighted by Gasteiger charge is -2.29. The Bertz CT molecular complexity index is 847. The largest absolute Gasteiger partial charge is 0.292 e. The first-order valence-electron chi connectivity index (χ1n) is 8.22. The molecule has 0 atom stereocenters. The molecule has 0 saturated carbocycles. The Morgan fingerprint density at radius 3 is 2.26 bits per heavy atom. The van der Waals surface area contributed by atoms with E-state index in [2.05, 4.69) is 86.9 Å². The zero-order valence-electron chi connectivity index (χ0n) is 13.8. The SMILES string of the molecule is C[N+](C)(Cc1ccc2c(c1)-c1ccccc1C2)c1ccccc1. The lowest BCUT2D eigenvalue weighted by Crippen LogP contribution is -2.39. The molecule has 1 nitrogen and oxygen atoms in total. The fourth-order valence-electron chi connectivity index (χ4n) is 3.65. The van der Waals surface area contributed by atoms with E-state index in [1.54, 1.807) is 0 Å². The van der Waals surface area contributed by atoms with Gasteiger partial charge in [-0.3, -0.25) is 4.48 Å². The van der Waals surface area contributed by atoms with E-state index in [-0.39, 0.29) is 0 Å². The Balaban J connectivity index is 1.68. The quantitative estimate of drug-likeness (QED) is 0.466. The molecular formula is C22H22N+. The number of nitrogens with zero attached hydrogens (tertiary/aromatic N) is 1. The minimum Gasteiger partial charge on any atom is -0.292 e. The van der Waals surface area contributed by atoms with Crippen LogP contribution < -0.4 is 4.48 Å². The lowest BCUT2D eigenvalue weighted by molar-refractivity contribution is 0.392. The maximum atomic E-state index is 2.39. The molecule has 0 heterocycles. The fourth-order valence-corrected chi connectivity index (χ4v) is 3.65. The summed E-state index contributed by atoms with van der Waals surface area (Å²) >= 11 is 0. The monoisotopic (exact) mass is 300 g/mol. The van der Waals surface area contributed by atoms with Gasteiger partial charge in [-0.2, -0.15) is 0 Å². The highest BCUT2D eigenvalue weighted by atomic mass is 15.3. The molecule has 0 aromatic heterocycles. The van der Waals surface area contributed by atoms with Crippen LogP contribution in [0, 0.1) is 0 Å². The molecule has 1 aliphatic rings. The van der Waals surface area contributed by atoms with Gasteiger partial charge in [-0.1, -0.05) is 54.6 Å². The Hall–Kier alpha value is -2.38. The van der Waals surface area contributed by atoms with Crippen molar-refractivity contribution in [3.05, 3.63) is 89.5 Å². The third-order valence-electron chi connectivity index (χ3n) is 4.90. The van der Waals surface area contributed by atoms with E-state index in [1.807, 2.05) is 0 Å². The third-order valence-corrected chi connectivity index (χ3v) is 4.90. The Labute approximate surface area is 138 Å². The lowest BCUT2D eigenvalue weighted by atomic mass is 10.0. The second-order valence-corrected chi connectivity index (χ2v) is 7.00. The van der Waals surface area contributed by atoms with Gasteiger partial charge in [-0.05, 0) is 46.9 Å². The zero-order chi connectivity index (χ0) is 15.9. The molecule has 0 amide bonds. The summed E-state index contributed by atoms with van der Waals surface area (Å²) in [5.41, 5.74) is 8.49. The molecule has 0 saturated heterocycles. The van der Waals surface area contributed by atoms with Crippen molar-refractivity contribution in [2.75, 3.05) is 14.1 Å². The molecule has 3 aromatic rings. The van der Waals surface area contributed by atoms with Crippen LogP contribution in [-0.2, 0) is 13.0 Å². The predicted molar refractivity (Wildman–Crippen MR) is 98.5 cm³/mol. The van der Waals surface area contributed by atoms with Gasteiger partial charge in [0.05, 0.1) is 14.1 Å². The number of hydrogen-bond acceptors (Lipinski definition) is 0. The van der Waals surface area contributed by atoms with Gasteiger partial charge in [0.1, 0.15) is 12.2 Å². The smallest absolute Gasteiger partial charge is 0.132 e. The van der Waals surface area contributed by atoms with Crippen molar-refractivity contribution >= 4 is 5.69 Å². The summed E-state index contributed by atoms with van der Waals surface area (Å²) in [5.74, 6) is 0. The number of fused-ring (bicyclic) bond motifs is 3. The van der Waals surface area contributed by atoms with Crippen LogP contribution in [0.1, 0.15) is 16.7 Å². The average Bonchev–Trinajstić information content (AvgIpc) is 2.93. The molecule has 0 spiro atoms. The summed E-state index contributed by atoms with van der Waals surface area (Å²) in [6.45, 7) is 0.999. The highest BCUT2D eigenvalue weighted by Gasteiger charge is 2.22. The number of rotatable bonds is 3. The van der Waals surface area contributed by atoms with Crippen molar-refractivity contribution in [2.45, 2.75) is 13.0 Å². The molecule has 0 aliphatic heterocycles. The molecule has 0 radical (unpaired) electrons. The van der Waals surface area contributed by atoms with Crippen LogP contribution in [0.15, 0.2) is 72.8 Å². The molecular weight excluding hydrogens is 278 g/mol. The predicted octanol–water partition coefficient (Wildman–Crippen LogP) is 5.02. The van der Waals surface area contributed by atoms with Crippen LogP contribution in [0.4, 0.5) is 5.69 Å². The summed E-state index contributed by atoms with van der Waals surface area (Å²) in [6, 6.07) is 26.5. The van der Waals surface area contributed by atoms with Gasteiger partial charge in [0, 0.05) is 5.56 Å². The molecule has 0 fully saturated rings. The summed E-state index contributed by atoms with van der Waals surface area (Å²) < 4.78 is 0.862. The second-order valence-electron chi connectivity index (χ2n) is 7.00. The van der Waals surface area contributed by atoms with E-state index >= 15 is 0 Å². The summed E-state index contributed by atoms with van der Waals surface area (Å²) in [6.07, 6.45) is 1.07. The van der Waals surface area contributed by atoms with E-state index in [9.17, 15) is 0 Å². The number of para-hydroxylation sites is 1. The molecule has 23 heavy (non-hydrogen) atoms. The summed E-state index contributed by atoms with van der Waals surface area (Å²) in [7, 11) is 4.55. The summed E-state index contributed by atoms with van der Waals surface area (Å²) in [5, 5.41) is 0. The van der Waals surface area contributed by atoms with Crippen LogP contribution in [-0.4, -0.2) is 14.1 Å². The molecule has 0 bridgehead atoms. The Morgan fingerprint density at radius 1 is 0.739 bits per heavy atom. The van der Waals surface area contributed by atoms with Crippen LogP contribution in [0.3, 0.4) is 0 Å². The van der Waals surface area contributed by atoms with Gasteiger partial charge < -0.3 is 0 Å². The van der Waals surface area contributed by atoms with Crippen molar-refractivity contribution in [1.29, 1.82) is 0 Å². The van der Waals surface area contributed by atoms with Crippen LogP contribution >= 0.6 is 0 Å². The molecule has 0 N–H and O–H groups in total. The highest BCUT2D eigenvalue weighted by Crippen LogP contribution is 2.37. The van der Waals surface area contributed by atoms with E-state index < -0.39 is 0 Å². The third kappa shape index (κ3) is 2.58. The van der Waals surface area contributed by atoms with Crippen LogP contribution in [0.25, 0.3) is 11.1 Å². The Morgan fingerprint density at radius 2 is 1.43 bits per heavy atom. The molecule has 114 valence electrons. The van der Waals surface area contributed by atoms with Crippen molar-refractivity contribution in [3.63, 3.8) is 0 Å². The number of quaternary nitrogens is 1. The van der Waals surface area contributed by atoms with Gasteiger partial charge in [-0.15, -0.1) is 0 Å². The molecule has 1 heteroatoms. The first-order valence-corrected chi connectivity index (χ1v) is 8.22. The first-order chi connectivity index (χ1) is 11.1. The minimum atomic E-state index is 0.862.